The van der Waals surface area contributed by atoms with Crippen LogP contribution in [-0.2, 0) is 26.3 Å². The number of methoxy groups -OCH3 is 2. The van der Waals surface area contributed by atoms with Gasteiger partial charge in [-0.05, 0) is 30.5 Å². The minimum atomic E-state index is -1.20. The molecular weight excluding hydrogens is 346 g/mol. The van der Waals surface area contributed by atoms with Gasteiger partial charge in [-0.15, -0.1) is 0 Å². The normalized spacial score (nSPS) is 14.0. The van der Waals surface area contributed by atoms with E-state index in [2.05, 4.69) is 5.32 Å². The van der Waals surface area contributed by atoms with Crippen LogP contribution in [0.3, 0.4) is 0 Å². The lowest BCUT2D eigenvalue weighted by Gasteiger charge is -2.28. The Balaban J connectivity index is 2.11. The summed E-state index contributed by atoms with van der Waals surface area (Å²) in [4.78, 5) is 24.4. The maximum absolute atomic E-state index is 12.7. The van der Waals surface area contributed by atoms with E-state index in [1.165, 1.54) is 7.11 Å². The fourth-order valence-electron chi connectivity index (χ4n) is 2.87. The van der Waals surface area contributed by atoms with Crippen LogP contribution in [0, 0.1) is 5.92 Å². The van der Waals surface area contributed by atoms with Crippen molar-refractivity contribution in [3.8, 4) is 5.75 Å². The number of carboxylic acid groups (broad SMARTS) is 1. The zero-order valence-corrected chi connectivity index (χ0v) is 15.8. The first-order valence-corrected chi connectivity index (χ1v) is 8.66. The van der Waals surface area contributed by atoms with Gasteiger partial charge in [0, 0.05) is 13.7 Å². The third kappa shape index (κ3) is 4.86. The smallest absolute Gasteiger partial charge is 0.308 e. The SMILES string of the molecule is COc1ccccc1CC(CNC(=O)C(C)(OC)c1ccccc1)C(=O)O. The third-order valence-electron chi connectivity index (χ3n) is 4.68. The summed E-state index contributed by atoms with van der Waals surface area (Å²) in [5.74, 6) is -1.54. The van der Waals surface area contributed by atoms with Gasteiger partial charge in [-0.25, -0.2) is 0 Å². The van der Waals surface area contributed by atoms with Crippen LogP contribution in [0.5, 0.6) is 5.75 Å². The molecule has 0 aliphatic rings. The molecule has 6 heteroatoms. The Kier molecular flexibility index (Phi) is 6.96. The molecular formula is C21H25NO5. The highest BCUT2D eigenvalue weighted by molar-refractivity contribution is 5.86. The maximum Gasteiger partial charge on any atom is 0.308 e. The number of carboxylic acids is 1. The van der Waals surface area contributed by atoms with Gasteiger partial charge in [-0.3, -0.25) is 9.59 Å². The van der Waals surface area contributed by atoms with Gasteiger partial charge in [0.1, 0.15) is 5.75 Å². The number of benzene rings is 2. The lowest BCUT2D eigenvalue weighted by Crippen LogP contribution is -2.46. The van der Waals surface area contributed by atoms with Crippen LogP contribution in [0.25, 0.3) is 0 Å². The van der Waals surface area contributed by atoms with Crippen molar-refractivity contribution in [1.29, 1.82) is 0 Å². The first-order valence-electron chi connectivity index (χ1n) is 8.66. The van der Waals surface area contributed by atoms with Gasteiger partial charge in [-0.2, -0.15) is 0 Å². The van der Waals surface area contributed by atoms with Crippen molar-refractivity contribution in [2.24, 2.45) is 5.92 Å². The molecule has 2 aromatic carbocycles. The molecule has 2 unspecified atom stereocenters. The molecule has 2 aromatic rings. The first-order chi connectivity index (χ1) is 12.9. The predicted molar refractivity (Wildman–Crippen MR) is 102 cm³/mol. The van der Waals surface area contributed by atoms with E-state index in [0.717, 1.165) is 5.56 Å². The Labute approximate surface area is 159 Å². The van der Waals surface area contributed by atoms with Gasteiger partial charge in [0.05, 0.1) is 13.0 Å². The van der Waals surface area contributed by atoms with E-state index >= 15 is 0 Å². The standard InChI is InChI=1S/C21H25NO5/c1-21(27-3,17-10-5-4-6-11-17)20(25)22-14-16(19(23)24)13-15-9-7-8-12-18(15)26-2/h4-12,16H,13-14H2,1-3H3,(H,22,25)(H,23,24). The van der Waals surface area contributed by atoms with E-state index < -0.39 is 17.5 Å². The molecule has 0 bridgehead atoms. The summed E-state index contributed by atoms with van der Waals surface area (Å²) in [7, 11) is 3.00. The second-order valence-corrected chi connectivity index (χ2v) is 6.36. The molecule has 0 saturated heterocycles. The van der Waals surface area contributed by atoms with E-state index in [-0.39, 0.29) is 18.9 Å². The van der Waals surface area contributed by atoms with Gasteiger partial charge in [0.2, 0.25) is 0 Å². The molecule has 27 heavy (non-hydrogen) atoms. The molecule has 2 rings (SSSR count). The Morgan fingerprint density at radius 1 is 1.07 bits per heavy atom. The zero-order valence-electron chi connectivity index (χ0n) is 15.8. The van der Waals surface area contributed by atoms with Crippen LogP contribution in [0.1, 0.15) is 18.1 Å². The molecule has 2 N–H and O–H groups in total. The largest absolute Gasteiger partial charge is 0.496 e. The van der Waals surface area contributed by atoms with E-state index in [1.807, 2.05) is 36.4 Å². The van der Waals surface area contributed by atoms with Crippen molar-refractivity contribution < 1.29 is 24.2 Å². The number of hydrogen-bond acceptors (Lipinski definition) is 4. The van der Waals surface area contributed by atoms with Crippen molar-refractivity contribution in [2.75, 3.05) is 20.8 Å². The summed E-state index contributed by atoms with van der Waals surface area (Å²) in [5.41, 5.74) is 0.273. The summed E-state index contributed by atoms with van der Waals surface area (Å²) in [6, 6.07) is 16.3. The van der Waals surface area contributed by atoms with Gasteiger partial charge >= 0.3 is 5.97 Å². The minimum absolute atomic E-state index is 0.0159. The Bertz CT molecular complexity index is 777. The lowest BCUT2D eigenvalue weighted by atomic mass is 9.93. The number of aliphatic carboxylic acids is 1. The molecule has 144 valence electrons. The molecule has 0 aromatic heterocycles. The van der Waals surface area contributed by atoms with E-state index in [4.69, 9.17) is 9.47 Å². The predicted octanol–water partition coefficient (Wildman–Crippen LogP) is 2.62. The molecule has 0 fully saturated rings. The molecule has 0 heterocycles. The fourth-order valence-corrected chi connectivity index (χ4v) is 2.87. The number of ether oxygens (including phenoxy) is 2. The quantitative estimate of drug-likeness (QED) is 0.708. The summed E-state index contributed by atoms with van der Waals surface area (Å²) in [6.07, 6.45) is 0.245. The molecule has 0 radical (unpaired) electrons. The van der Waals surface area contributed by atoms with Crippen molar-refractivity contribution in [3.05, 3.63) is 65.7 Å². The Hall–Kier alpha value is -2.86. The number of para-hydroxylation sites is 1. The number of carbonyl (C=O) groups is 2. The van der Waals surface area contributed by atoms with Crippen molar-refractivity contribution in [2.45, 2.75) is 18.9 Å². The number of rotatable bonds is 9. The molecule has 0 aliphatic carbocycles. The van der Waals surface area contributed by atoms with E-state index in [0.29, 0.717) is 11.3 Å². The lowest BCUT2D eigenvalue weighted by molar-refractivity contribution is -0.144. The zero-order chi connectivity index (χ0) is 19.9. The van der Waals surface area contributed by atoms with Crippen LogP contribution in [-0.4, -0.2) is 37.7 Å². The first kappa shape index (κ1) is 20.5. The van der Waals surface area contributed by atoms with Gasteiger partial charge in [-0.1, -0.05) is 48.5 Å². The van der Waals surface area contributed by atoms with Crippen LogP contribution < -0.4 is 10.1 Å². The number of carbonyl (C=O) groups excluding carboxylic acids is 1. The van der Waals surface area contributed by atoms with Gasteiger partial charge < -0.3 is 19.9 Å². The highest BCUT2D eigenvalue weighted by atomic mass is 16.5. The highest BCUT2D eigenvalue weighted by Crippen LogP contribution is 2.25. The molecule has 1 amide bonds. The van der Waals surface area contributed by atoms with Crippen molar-refractivity contribution in [3.63, 3.8) is 0 Å². The fraction of sp³-hybridized carbons (Fsp3) is 0.333. The Morgan fingerprint density at radius 2 is 1.70 bits per heavy atom. The maximum atomic E-state index is 12.7. The third-order valence-corrected chi connectivity index (χ3v) is 4.68. The average Bonchev–Trinajstić information content (AvgIpc) is 2.70. The van der Waals surface area contributed by atoms with E-state index in [9.17, 15) is 14.7 Å². The van der Waals surface area contributed by atoms with Crippen molar-refractivity contribution >= 4 is 11.9 Å². The van der Waals surface area contributed by atoms with Crippen LogP contribution in [0.2, 0.25) is 0 Å². The van der Waals surface area contributed by atoms with E-state index in [1.54, 1.807) is 32.2 Å². The molecule has 6 nitrogen and oxygen atoms in total. The molecule has 0 aliphatic heterocycles. The highest BCUT2D eigenvalue weighted by Gasteiger charge is 2.35. The number of amides is 1. The van der Waals surface area contributed by atoms with Crippen LogP contribution >= 0.6 is 0 Å². The second-order valence-electron chi connectivity index (χ2n) is 6.36. The number of hydrogen-bond donors (Lipinski definition) is 2. The number of nitrogens with one attached hydrogen (secondary N) is 1. The van der Waals surface area contributed by atoms with Gasteiger partial charge in [0.15, 0.2) is 5.60 Å². The Morgan fingerprint density at radius 3 is 2.30 bits per heavy atom. The minimum Gasteiger partial charge on any atom is -0.496 e. The van der Waals surface area contributed by atoms with Crippen LogP contribution in [0.4, 0.5) is 0 Å². The summed E-state index contributed by atoms with van der Waals surface area (Å²) < 4.78 is 10.7. The molecule has 0 spiro atoms. The van der Waals surface area contributed by atoms with Crippen molar-refractivity contribution in [1.82, 2.24) is 5.32 Å². The average molecular weight is 371 g/mol. The summed E-state index contributed by atoms with van der Waals surface area (Å²) in [5, 5.41) is 12.3. The second kappa shape index (κ2) is 9.19. The topological polar surface area (TPSA) is 84.9 Å². The van der Waals surface area contributed by atoms with Crippen LogP contribution in [0.15, 0.2) is 54.6 Å². The monoisotopic (exact) mass is 371 g/mol. The summed E-state index contributed by atoms with van der Waals surface area (Å²) in [6.45, 7) is 1.64. The summed E-state index contributed by atoms with van der Waals surface area (Å²) >= 11 is 0. The van der Waals surface area contributed by atoms with Gasteiger partial charge in [0.25, 0.3) is 5.91 Å². The molecule has 0 saturated carbocycles. The molecule has 2 atom stereocenters.